The van der Waals surface area contributed by atoms with E-state index < -0.39 is 17.7 Å². The molecule has 0 amide bonds. The van der Waals surface area contributed by atoms with Gasteiger partial charge in [0.2, 0.25) is 0 Å². The monoisotopic (exact) mass is 454 g/mol. The summed E-state index contributed by atoms with van der Waals surface area (Å²) in [5.41, 5.74) is 5.26. The predicted octanol–water partition coefficient (Wildman–Crippen LogP) is 5.79. The molecule has 0 saturated heterocycles. The minimum absolute atomic E-state index is 0.493. The molecule has 3 aromatic heterocycles. The number of ether oxygens (including phenoxy) is 1. The van der Waals surface area contributed by atoms with Gasteiger partial charge in [-0.25, -0.2) is 14.3 Å². The summed E-state index contributed by atoms with van der Waals surface area (Å²) in [5.74, 6) is -1.07. The standard InChI is InChI=1S/C27H26N4O3/c1-16-23(25(26(32)33)34-27(2,3)4)24(19-10-11-20-18(14-19)12-13-28-20)31-22(29-16)15-21(30-31)17-8-6-5-7-9-17/h5-15,25,28H,1-4H3,(H,32,33). The van der Waals surface area contributed by atoms with Gasteiger partial charge in [-0.05, 0) is 45.9 Å². The molecular formula is C27H26N4O3. The average molecular weight is 455 g/mol. The van der Waals surface area contributed by atoms with Gasteiger partial charge in [-0.15, -0.1) is 0 Å². The van der Waals surface area contributed by atoms with Gasteiger partial charge in [0.25, 0.3) is 0 Å². The third-order valence-electron chi connectivity index (χ3n) is 5.68. The van der Waals surface area contributed by atoms with Crippen LogP contribution in [0.25, 0.3) is 39.1 Å². The molecular weight excluding hydrogens is 428 g/mol. The Kier molecular flexibility index (Phi) is 5.21. The Morgan fingerprint density at radius 1 is 1.06 bits per heavy atom. The van der Waals surface area contributed by atoms with Crippen LogP contribution in [0.5, 0.6) is 0 Å². The van der Waals surface area contributed by atoms with E-state index in [1.165, 1.54) is 0 Å². The van der Waals surface area contributed by atoms with Crippen molar-refractivity contribution in [3.05, 3.63) is 78.1 Å². The van der Waals surface area contributed by atoms with Crippen LogP contribution in [0.2, 0.25) is 0 Å². The van der Waals surface area contributed by atoms with Crippen molar-refractivity contribution in [1.29, 1.82) is 0 Å². The fourth-order valence-corrected chi connectivity index (χ4v) is 4.26. The Labute approximate surface area is 197 Å². The molecule has 5 aromatic rings. The fourth-order valence-electron chi connectivity index (χ4n) is 4.26. The maximum Gasteiger partial charge on any atom is 0.337 e. The summed E-state index contributed by atoms with van der Waals surface area (Å²) in [6.07, 6.45) is 0.672. The van der Waals surface area contributed by atoms with E-state index in [2.05, 4.69) is 4.98 Å². The first-order chi connectivity index (χ1) is 16.2. The fraction of sp³-hybridized carbons (Fsp3) is 0.222. The Morgan fingerprint density at radius 2 is 1.82 bits per heavy atom. The molecule has 1 atom stereocenters. The summed E-state index contributed by atoms with van der Waals surface area (Å²) >= 11 is 0. The maximum atomic E-state index is 12.5. The second-order valence-corrected chi connectivity index (χ2v) is 9.35. The van der Waals surface area contributed by atoms with E-state index in [0.29, 0.717) is 22.6 Å². The van der Waals surface area contributed by atoms with Crippen molar-refractivity contribution < 1.29 is 14.6 Å². The third-order valence-corrected chi connectivity index (χ3v) is 5.68. The van der Waals surface area contributed by atoms with Crippen LogP contribution in [0.1, 0.15) is 38.1 Å². The van der Waals surface area contributed by atoms with Gasteiger partial charge in [-0.2, -0.15) is 5.10 Å². The number of carboxylic acids is 1. The lowest BCUT2D eigenvalue weighted by Gasteiger charge is -2.27. The van der Waals surface area contributed by atoms with Crippen LogP contribution in [0.4, 0.5) is 0 Å². The molecule has 34 heavy (non-hydrogen) atoms. The SMILES string of the molecule is Cc1nc2cc(-c3ccccc3)nn2c(-c2ccc3[nH]ccc3c2)c1C(OC(C)(C)C)C(=O)O. The summed E-state index contributed by atoms with van der Waals surface area (Å²) < 4.78 is 7.79. The topological polar surface area (TPSA) is 92.5 Å². The van der Waals surface area contributed by atoms with E-state index in [-0.39, 0.29) is 0 Å². The number of aromatic nitrogens is 4. The number of hydrogen-bond acceptors (Lipinski definition) is 4. The molecule has 0 radical (unpaired) electrons. The average Bonchev–Trinajstić information content (AvgIpc) is 3.43. The zero-order valence-electron chi connectivity index (χ0n) is 19.5. The number of rotatable bonds is 5. The van der Waals surface area contributed by atoms with Crippen LogP contribution in [-0.2, 0) is 9.53 Å². The number of hydrogen-bond donors (Lipinski definition) is 2. The number of nitrogens with zero attached hydrogens (tertiary/aromatic N) is 3. The molecule has 2 aromatic carbocycles. The lowest BCUT2D eigenvalue weighted by atomic mass is 9.98. The van der Waals surface area contributed by atoms with Crippen molar-refractivity contribution in [3.63, 3.8) is 0 Å². The minimum Gasteiger partial charge on any atom is -0.479 e. The molecule has 0 aliphatic heterocycles. The van der Waals surface area contributed by atoms with E-state index in [0.717, 1.165) is 27.7 Å². The van der Waals surface area contributed by atoms with Crippen molar-refractivity contribution in [2.45, 2.75) is 39.4 Å². The third kappa shape index (κ3) is 3.95. The number of carbonyl (C=O) groups is 1. The number of fused-ring (bicyclic) bond motifs is 2. The molecule has 0 aliphatic rings. The number of aliphatic carboxylic acids is 1. The lowest BCUT2D eigenvalue weighted by Crippen LogP contribution is -2.29. The molecule has 0 saturated carbocycles. The first-order valence-corrected chi connectivity index (χ1v) is 11.1. The summed E-state index contributed by atoms with van der Waals surface area (Å²) in [5, 5.41) is 16.1. The first-order valence-electron chi connectivity index (χ1n) is 11.1. The second-order valence-electron chi connectivity index (χ2n) is 9.35. The van der Waals surface area contributed by atoms with Gasteiger partial charge in [0.05, 0.1) is 17.0 Å². The van der Waals surface area contributed by atoms with E-state index in [1.807, 2.05) is 94.6 Å². The van der Waals surface area contributed by atoms with Crippen LogP contribution < -0.4 is 0 Å². The van der Waals surface area contributed by atoms with Gasteiger partial charge < -0.3 is 14.8 Å². The summed E-state index contributed by atoms with van der Waals surface area (Å²) in [6, 6.07) is 19.8. The maximum absolute atomic E-state index is 12.5. The Balaban J connectivity index is 1.83. The van der Waals surface area contributed by atoms with E-state index in [1.54, 1.807) is 4.52 Å². The van der Waals surface area contributed by atoms with E-state index >= 15 is 0 Å². The van der Waals surface area contributed by atoms with Crippen LogP contribution in [0, 0.1) is 6.92 Å². The normalized spacial score (nSPS) is 12.9. The Morgan fingerprint density at radius 3 is 2.53 bits per heavy atom. The molecule has 7 heteroatoms. The van der Waals surface area contributed by atoms with Crippen LogP contribution in [0.3, 0.4) is 0 Å². The molecule has 172 valence electrons. The molecule has 5 rings (SSSR count). The number of carboxylic acid groups (broad SMARTS) is 1. The highest BCUT2D eigenvalue weighted by Crippen LogP contribution is 2.37. The van der Waals surface area contributed by atoms with Crippen molar-refractivity contribution in [3.8, 4) is 22.5 Å². The van der Waals surface area contributed by atoms with Crippen LogP contribution in [-0.4, -0.2) is 36.3 Å². The zero-order valence-corrected chi connectivity index (χ0v) is 19.5. The molecule has 0 aliphatic carbocycles. The Hall–Kier alpha value is -3.97. The van der Waals surface area contributed by atoms with Gasteiger partial charge in [0, 0.05) is 45.6 Å². The highest BCUT2D eigenvalue weighted by Gasteiger charge is 2.33. The summed E-state index contributed by atoms with van der Waals surface area (Å²) in [6.45, 7) is 7.36. The summed E-state index contributed by atoms with van der Waals surface area (Å²) in [4.78, 5) is 20.4. The van der Waals surface area contributed by atoms with Gasteiger partial charge in [0.15, 0.2) is 11.8 Å². The molecule has 0 spiro atoms. The Bertz CT molecular complexity index is 1510. The number of H-pyrrole nitrogens is 1. The van der Waals surface area contributed by atoms with Crippen molar-refractivity contribution >= 4 is 22.5 Å². The first kappa shape index (κ1) is 21.9. The second kappa shape index (κ2) is 8.11. The molecule has 1 unspecified atom stereocenters. The van der Waals surface area contributed by atoms with Gasteiger partial charge >= 0.3 is 5.97 Å². The highest BCUT2D eigenvalue weighted by molar-refractivity contribution is 5.87. The van der Waals surface area contributed by atoms with Crippen molar-refractivity contribution in [2.24, 2.45) is 0 Å². The quantitative estimate of drug-likeness (QED) is 0.350. The van der Waals surface area contributed by atoms with Gasteiger partial charge in [0.1, 0.15) is 0 Å². The number of aromatic amines is 1. The van der Waals surface area contributed by atoms with Crippen LogP contribution >= 0.6 is 0 Å². The van der Waals surface area contributed by atoms with Gasteiger partial charge in [-0.1, -0.05) is 36.4 Å². The molecule has 2 N–H and O–H groups in total. The lowest BCUT2D eigenvalue weighted by molar-refractivity contribution is -0.160. The minimum atomic E-state index is -1.21. The molecule has 7 nitrogen and oxygen atoms in total. The van der Waals surface area contributed by atoms with E-state index in [4.69, 9.17) is 14.8 Å². The van der Waals surface area contributed by atoms with Gasteiger partial charge in [-0.3, -0.25) is 0 Å². The molecule has 0 fully saturated rings. The number of aryl methyl sites for hydroxylation is 1. The molecule has 0 bridgehead atoms. The molecule has 3 heterocycles. The van der Waals surface area contributed by atoms with Crippen LogP contribution in [0.15, 0.2) is 66.9 Å². The number of benzene rings is 2. The largest absolute Gasteiger partial charge is 0.479 e. The number of nitrogens with one attached hydrogen (secondary N) is 1. The zero-order chi connectivity index (χ0) is 24.0. The van der Waals surface area contributed by atoms with Crippen molar-refractivity contribution in [2.75, 3.05) is 0 Å². The van der Waals surface area contributed by atoms with Crippen molar-refractivity contribution in [1.82, 2.24) is 19.6 Å². The highest BCUT2D eigenvalue weighted by atomic mass is 16.5. The summed E-state index contributed by atoms with van der Waals surface area (Å²) in [7, 11) is 0. The van der Waals surface area contributed by atoms with E-state index in [9.17, 15) is 9.90 Å². The smallest absolute Gasteiger partial charge is 0.337 e. The predicted molar refractivity (Wildman–Crippen MR) is 132 cm³/mol.